The van der Waals surface area contributed by atoms with Crippen LogP contribution in [0, 0.1) is 9.81 Å². The van der Waals surface area contributed by atoms with Crippen LogP contribution >= 0.6 is 0 Å². The lowest BCUT2D eigenvalue weighted by Crippen LogP contribution is -2.28. The van der Waals surface area contributed by atoms with Crippen LogP contribution in [-0.2, 0) is 35.3 Å². The van der Waals surface area contributed by atoms with Crippen LogP contribution in [0.5, 0.6) is 11.5 Å². The summed E-state index contributed by atoms with van der Waals surface area (Å²) in [7, 11) is 0. The second kappa shape index (κ2) is 7.90. The first-order valence-corrected chi connectivity index (χ1v) is 9.59. The van der Waals surface area contributed by atoms with Gasteiger partial charge in [-0.1, -0.05) is 30.7 Å². The van der Waals surface area contributed by atoms with Gasteiger partial charge < -0.3 is 0 Å². The molecule has 2 heterocycles. The van der Waals surface area contributed by atoms with Crippen LogP contribution in [0.2, 0.25) is 0 Å². The lowest BCUT2D eigenvalue weighted by Gasteiger charge is -2.10. The Kier molecular flexibility index (Phi) is 5.16. The predicted octanol–water partition coefficient (Wildman–Crippen LogP) is 2.95. The number of fused-ring (bicyclic) bond motifs is 2. The van der Waals surface area contributed by atoms with Gasteiger partial charge in [-0.3, -0.25) is 0 Å². The van der Waals surface area contributed by atoms with Gasteiger partial charge in [-0.05, 0) is 48.9 Å². The van der Waals surface area contributed by atoms with Gasteiger partial charge in [0.25, 0.3) is 0 Å². The summed E-state index contributed by atoms with van der Waals surface area (Å²) < 4.78 is 0. The summed E-state index contributed by atoms with van der Waals surface area (Å²) >= 11 is 0. The molecule has 0 saturated heterocycles. The topological polar surface area (TPSA) is 92.8 Å². The van der Waals surface area contributed by atoms with Gasteiger partial charge in [0.15, 0.2) is 0 Å². The maximum atomic E-state index is 11.5. The van der Waals surface area contributed by atoms with Crippen molar-refractivity contribution in [3.63, 3.8) is 0 Å². The van der Waals surface area contributed by atoms with Crippen LogP contribution < -0.4 is 9.68 Å². The van der Waals surface area contributed by atoms with Crippen molar-refractivity contribution in [2.45, 2.75) is 44.9 Å². The van der Waals surface area contributed by atoms with E-state index in [2.05, 4.69) is 0 Å². The number of amides is 2. The number of aryl methyl sites for hydroxylation is 2. The van der Waals surface area contributed by atoms with Gasteiger partial charge in [0.05, 0.1) is 9.81 Å². The Morgan fingerprint density at radius 1 is 0.690 bits per heavy atom. The number of rotatable bonds is 6. The van der Waals surface area contributed by atoms with E-state index in [1.54, 1.807) is 12.1 Å². The molecule has 2 aliphatic heterocycles. The number of hydrogen-bond donors (Lipinski definition) is 0. The predicted molar refractivity (Wildman–Crippen MR) is 100 cm³/mol. The molecule has 0 atom stereocenters. The minimum atomic E-state index is -0.588. The second-order valence-corrected chi connectivity index (χ2v) is 7.28. The summed E-state index contributed by atoms with van der Waals surface area (Å²) in [5.41, 5.74) is 3.74. The van der Waals surface area contributed by atoms with Crippen LogP contribution in [0.15, 0.2) is 36.4 Å². The van der Waals surface area contributed by atoms with E-state index in [0.717, 1.165) is 54.4 Å². The first kappa shape index (κ1) is 18.9. The van der Waals surface area contributed by atoms with Crippen molar-refractivity contribution >= 4 is 11.8 Å². The molecule has 0 bridgehead atoms. The summed E-state index contributed by atoms with van der Waals surface area (Å²) in [4.78, 5) is 55.3. The van der Waals surface area contributed by atoms with Gasteiger partial charge in [-0.25, -0.2) is 9.59 Å². The van der Waals surface area contributed by atoms with Gasteiger partial charge in [0, 0.05) is 11.1 Å². The molecule has 8 nitrogen and oxygen atoms in total. The SMILES string of the molecule is O=C1Cc2cc(CCCCCc3ccc4c(c3)CC(=O)[N+](=O)O4)ccc2O[N+]1=O. The molecule has 4 rings (SSSR count). The molecule has 8 heteroatoms. The molecule has 2 amide bonds. The zero-order valence-corrected chi connectivity index (χ0v) is 15.8. The molecule has 0 aromatic heterocycles. The van der Waals surface area contributed by atoms with E-state index in [-0.39, 0.29) is 22.7 Å². The van der Waals surface area contributed by atoms with Crippen LogP contribution in [0.1, 0.15) is 41.5 Å². The highest BCUT2D eigenvalue weighted by atomic mass is 16.8. The average molecular weight is 396 g/mol. The average Bonchev–Trinajstić information content (AvgIpc) is 2.70. The van der Waals surface area contributed by atoms with E-state index in [1.807, 2.05) is 24.3 Å². The fraction of sp³-hybridized carbons (Fsp3) is 0.333. The Morgan fingerprint density at radius 2 is 1.14 bits per heavy atom. The van der Waals surface area contributed by atoms with Gasteiger partial charge in [0.2, 0.25) is 11.5 Å². The standard InChI is InChI=1S/C21H20N2O6/c24-20-12-16-10-14(6-8-18(16)28-22(20)26)4-2-1-3-5-15-7-9-19-17(11-15)13-21(25)23(27)29-19/h6-11H,1-5,12-13H2/q+2. The Hall–Kier alpha value is -3.42. The number of carbonyl (C=O) groups is 2. The molecule has 2 aliphatic rings. The van der Waals surface area contributed by atoms with Crippen molar-refractivity contribution < 1.29 is 29.1 Å². The molecular formula is C21H20N2O6+2. The molecule has 0 unspecified atom stereocenters. The second-order valence-electron chi connectivity index (χ2n) is 7.28. The van der Waals surface area contributed by atoms with Gasteiger partial charge in [0.1, 0.15) is 12.8 Å². The fourth-order valence-corrected chi connectivity index (χ4v) is 3.60. The van der Waals surface area contributed by atoms with Crippen molar-refractivity contribution in [3.05, 3.63) is 68.5 Å². The molecule has 0 N–H and O–H groups in total. The van der Waals surface area contributed by atoms with E-state index < -0.39 is 11.8 Å². The van der Waals surface area contributed by atoms with Crippen LogP contribution in [-0.4, -0.2) is 21.7 Å². The van der Waals surface area contributed by atoms with Crippen molar-refractivity contribution in [2.24, 2.45) is 0 Å². The minimum absolute atomic E-state index is 0.0292. The maximum absolute atomic E-state index is 11.5. The van der Waals surface area contributed by atoms with E-state index >= 15 is 0 Å². The highest BCUT2D eigenvalue weighted by Crippen LogP contribution is 2.27. The van der Waals surface area contributed by atoms with E-state index in [9.17, 15) is 19.4 Å². The Bertz CT molecular complexity index is 948. The Labute approximate surface area is 166 Å². The molecule has 2 aromatic carbocycles. The lowest BCUT2D eigenvalue weighted by molar-refractivity contribution is -0.693. The van der Waals surface area contributed by atoms with Gasteiger partial charge >= 0.3 is 21.7 Å². The first-order valence-electron chi connectivity index (χ1n) is 9.59. The molecule has 0 aliphatic carbocycles. The molecule has 0 saturated carbocycles. The van der Waals surface area contributed by atoms with Crippen LogP contribution in [0.3, 0.4) is 0 Å². The zero-order chi connectivity index (χ0) is 20.4. The summed E-state index contributed by atoms with van der Waals surface area (Å²) in [6.45, 7) is 0. The number of nitrogens with zero attached hydrogens (tertiary/aromatic N) is 2. The molecule has 29 heavy (non-hydrogen) atoms. The molecule has 2 aromatic rings. The van der Waals surface area contributed by atoms with Crippen molar-refractivity contribution in [3.8, 4) is 11.5 Å². The quantitative estimate of drug-likeness (QED) is 0.697. The first-order chi connectivity index (χ1) is 14.0. The van der Waals surface area contributed by atoms with Crippen LogP contribution in [0.4, 0.5) is 0 Å². The summed E-state index contributed by atoms with van der Waals surface area (Å²) in [6, 6.07) is 11.2. The fourth-order valence-electron chi connectivity index (χ4n) is 3.60. The van der Waals surface area contributed by atoms with E-state index in [4.69, 9.17) is 9.68 Å². The largest absolute Gasteiger partial charge is 0.495 e. The highest BCUT2D eigenvalue weighted by molar-refractivity contribution is 5.73. The number of hydrogen-bond acceptors (Lipinski definition) is 6. The third kappa shape index (κ3) is 4.21. The lowest BCUT2D eigenvalue weighted by atomic mass is 9.99. The minimum Gasteiger partial charge on any atom is -0.208 e. The molecular weight excluding hydrogens is 376 g/mol. The Morgan fingerprint density at radius 3 is 1.59 bits per heavy atom. The third-order valence-electron chi connectivity index (χ3n) is 5.13. The Balaban J connectivity index is 1.26. The number of carbonyl (C=O) groups excluding carboxylic acids is 2. The van der Waals surface area contributed by atoms with Gasteiger partial charge in [-0.15, -0.1) is 0 Å². The van der Waals surface area contributed by atoms with E-state index in [1.165, 1.54) is 0 Å². The highest BCUT2D eigenvalue weighted by Gasteiger charge is 2.35. The summed E-state index contributed by atoms with van der Waals surface area (Å²) in [6.07, 6.45) is 4.94. The van der Waals surface area contributed by atoms with Crippen molar-refractivity contribution in [1.82, 2.24) is 0 Å². The number of benzene rings is 2. The van der Waals surface area contributed by atoms with E-state index in [0.29, 0.717) is 11.5 Å². The monoisotopic (exact) mass is 396 g/mol. The van der Waals surface area contributed by atoms with Crippen molar-refractivity contribution in [1.29, 1.82) is 0 Å². The maximum Gasteiger partial charge on any atom is 0.495 e. The molecule has 0 radical (unpaired) electrons. The third-order valence-corrected chi connectivity index (χ3v) is 5.13. The molecule has 0 fully saturated rings. The smallest absolute Gasteiger partial charge is 0.208 e. The summed E-state index contributed by atoms with van der Waals surface area (Å²) in [5, 5.41) is 0. The molecule has 148 valence electrons. The van der Waals surface area contributed by atoms with Crippen LogP contribution in [0.25, 0.3) is 0 Å². The molecule has 0 spiro atoms. The zero-order valence-electron chi connectivity index (χ0n) is 15.8. The normalized spacial score (nSPS) is 15.4. The summed E-state index contributed by atoms with van der Waals surface area (Å²) in [5.74, 6) is -0.291. The number of unbranched alkanes of at least 4 members (excludes halogenated alkanes) is 2. The van der Waals surface area contributed by atoms with Crippen molar-refractivity contribution in [2.75, 3.05) is 0 Å². The van der Waals surface area contributed by atoms with Gasteiger partial charge in [-0.2, -0.15) is 9.68 Å².